The van der Waals surface area contributed by atoms with Crippen LogP contribution >= 0.6 is 11.8 Å². The Morgan fingerprint density at radius 3 is 1.59 bits per heavy atom. The number of hydrogen-bond acceptors (Lipinski definition) is 2. The fourth-order valence-electron chi connectivity index (χ4n) is 11.6. The number of hydrogen-bond donors (Lipinski definition) is 0. The molecule has 340 valence electrons. The Balaban J connectivity index is 1.15. The van der Waals surface area contributed by atoms with E-state index >= 15 is 0 Å². The molecular weight excluding hydrogens is 876 g/mol. The first kappa shape index (κ1) is 43.3. The summed E-state index contributed by atoms with van der Waals surface area (Å²) in [6.45, 7) is 2.32. The van der Waals surface area contributed by atoms with Gasteiger partial charge in [-0.15, -0.1) is 0 Å². The van der Waals surface area contributed by atoms with E-state index in [0.29, 0.717) is 0 Å². The summed E-state index contributed by atoms with van der Waals surface area (Å²) in [5.74, 6) is 0. The number of benzene rings is 10. The van der Waals surface area contributed by atoms with Crippen molar-refractivity contribution in [3.8, 4) is 50.2 Å². The standard InChI is InChI=1S/C67H53BN2S/c1-2-3-4-5-10-23-46-40-63-66-65(41-46)71-64-39-36-51(47-24-11-6-12-25-47)44-59(64)68(66)58-38-37-53(69-60-34-21-19-32-54(60)55-33-20-22-35-61(55)69)45-62(58)70(63)67-56(49-28-15-8-16-29-49)42-52(48-26-13-7-14-27-48)43-57(67)50-30-17-9-18-31-50/h6-9,11-22,24-45H,2-5,10,23H2,1H3. The zero-order valence-electron chi connectivity index (χ0n) is 40.1. The van der Waals surface area contributed by atoms with Crippen LogP contribution in [0.25, 0.3) is 72.0 Å². The van der Waals surface area contributed by atoms with Gasteiger partial charge >= 0.3 is 0 Å². The first-order valence-electron chi connectivity index (χ1n) is 25.5. The van der Waals surface area contributed by atoms with Crippen LogP contribution in [0.4, 0.5) is 17.1 Å². The summed E-state index contributed by atoms with van der Waals surface area (Å²) in [6.07, 6.45) is 7.27. The minimum absolute atomic E-state index is 0.0147. The molecule has 0 unspecified atom stereocenters. The maximum Gasteiger partial charge on any atom is 0.249 e. The molecule has 0 fully saturated rings. The average Bonchev–Trinajstić information content (AvgIpc) is 3.78. The highest BCUT2D eigenvalue weighted by Crippen LogP contribution is 2.51. The summed E-state index contributed by atoms with van der Waals surface area (Å²) in [5, 5.41) is 2.52. The fraction of sp³-hybridized carbons (Fsp3) is 0.104. The van der Waals surface area contributed by atoms with Gasteiger partial charge in [0.1, 0.15) is 0 Å². The van der Waals surface area contributed by atoms with Gasteiger partial charge in [-0.1, -0.05) is 226 Å². The first-order valence-corrected chi connectivity index (χ1v) is 26.3. The van der Waals surface area contributed by atoms with Crippen molar-refractivity contribution >= 4 is 73.7 Å². The van der Waals surface area contributed by atoms with Crippen LogP contribution < -0.4 is 21.3 Å². The zero-order chi connectivity index (χ0) is 47.3. The quantitative estimate of drug-likeness (QED) is 0.0891. The van der Waals surface area contributed by atoms with Crippen LogP contribution in [0.5, 0.6) is 0 Å². The lowest BCUT2D eigenvalue weighted by atomic mass is 9.34. The number of para-hydroxylation sites is 2. The summed E-state index contributed by atoms with van der Waals surface area (Å²) in [6, 6.07) is 86.5. The molecule has 0 aliphatic carbocycles. The van der Waals surface area contributed by atoms with E-state index in [9.17, 15) is 0 Å². The van der Waals surface area contributed by atoms with Gasteiger partial charge in [-0.25, -0.2) is 0 Å². The number of fused-ring (bicyclic) bond motifs is 7. The molecule has 10 aromatic carbocycles. The summed E-state index contributed by atoms with van der Waals surface area (Å²) in [4.78, 5) is 5.40. The number of unbranched alkanes of at least 4 members (excludes halogenated alkanes) is 4. The number of rotatable bonds is 12. The van der Waals surface area contributed by atoms with Gasteiger partial charge in [0.05, 0.1) is 16.7 Å². The molecule has 1 aromatic heterocycles. The number of anilines is 3. The van der Waals surface area contributed by atoms with E-state index in [1.807, 2.05) is 11.8 Å². The third-order valence-corrected chi connectivity index (χ3v) is 16.1. The average molecular weight is 929 g/mol. The second-order valence-electron chi connectivity index (χ2n) is 19.3. The van der Waals surface area contributed by atoms with Gasteiger partial charge in [0.25, 0.3) is 0 Å². The van der Waals surface area contributed by atoms with E-state index in [-0.39, 0.29) is 6.71 Å². The molecule has 13 rings (SSSR count). The van der Waals surface area contributed by atoms with Crippen molar-refractivity contribution in [3.63, 3.8) is 0 Å². The number of nitrogens with zero attached hydrogens (tertiary/aromatic N) is 2. The van der Waals surface area contributed by atoms with Gasteiger partial charge in [0.2, 0.25) is 6.71 Å². The summed E-state index contributed by atoms with van der Waals surface area (Å²) in [7, 11) is 0. The lowest BCUT2D eigenvalue weighted by Gasteiger charge is -2.42. The van der Waals surface area contributed by atoms with E-state index in [0.717, 1.165) is 12.1 Å². The molecule has 0 saturated carbocycles. The van der Waals surface area contributed by atoms with Crippen molar-refractivity contribution in [1.29, 1.82) is 0 Å². The van der Waals surface area contributed by atoms with Gasteiger partial charge in [-0.05, 0) is 117 Å². The Kier molecular flexibility index (Phi) is 11.3. The second-order valence-corrected chi connectivity index (χ2v) is 20.4. The van der Waals surface area contributed by atoms with Gasteiger partial charge in [-0.2, -0.15) is 0 Å². The monoisotopic (exact) mass is 928 g/mol. The third kappa shape index (κ3) is 7.70. The topological polar surface area (TPSA) is 8.17 Å². The molecule has 0 atom stereocenters. The van der Waals surface area contributed by atoms with Gasteiger partial charge in [-0.3, -0.25) is 0 Å². The number of aryl methyl sites for hydroxylation is 1. The molecule has 0 radical (unpaired) electrons. The smallest absolute Gasteiger partial charge is 0.249 e. The molecule has 0 amide bonds. The maximum atomic E-state index is 2.70. The van der Waals surface area contributed by atoms with Crippen molar-refractivity contribution < 1.29 is 0 Å². The summed E-state index contributed by atoms with van der Waals surface area (Å²) >= 11 is 1.96. The summed E-state index contributed by atoms with van der Waals surface area (Å²) < 4.78 is 2.49. The van der Waals surface area contributed by atoms with Crippen LogP contribution in [0.1, 0.15) is 44.6 Å². The van der Waals surface area contributed by atoms with Crippen LogP contribution in [0.15, 0.2) is 240 Å². The van der Waals surface area contributed by atoms with Crippen LogP contribution in [0.2, 0.25) is 0 Å². The molecule has 2 aliphatic rings. The maximum absolute atomic E-state index is 2.70. The van der Waals surface area contributed by atoms with Gasteiger partial charge in [0, 0.05) is 48.8 Å². The highest BCUT2D eigenvalue weighted by Gasteiger charge is 2.43. The molecule has 0 saturated heterocycles. The molecule has 2 nitrogen and oxygen atoms in total. The molecule has 11 aromatic rings. The van der Waals surface area contributed by atoms with Crippen molar-refractivity contribution in [2.45, 2.75) is 55.2 Å². The second kappa shape index (κ2) is 18.5. The molecule has 0 spiro atoms. The molecule has 2 aliphatic heterocycles. The largest absolute Gasteiger partial charge is 0.310 e. The highest BCUT2D eigenvalue weighted by molar-refractivity contribution is 8.00. The van der Waals surface area contributed by atoms with Gasteiger partial charge < -0.3 is 9.47 Å². The minimum Gasteiger partial charge on any atom is -0.310 e. The first-order chi connectivity index (χ1) is 35.2. The minimum atomic E-state index is 0.0147. The predicted molar refractivity (Wildman–Crippen MR) is 305 cm³/mol. The lowest BCUT2D eigenvalue weighted by molar-refractivity contribution is 0.632. The van der Waals surface area contributed by atoms with Crippen LogP contribution in [-0.2, 0) is 6.42 Å². The van der Waals surface area contributed by atoms with E-state index in [1.54, 1.807) is 0 Å². The fourth-order valence-corrected chi connectivity index (χ4v) is 12.8. The zero-order valence-corrected chi connectivity index (χ0v) is 40.9. The predicted octanol–water partition coefficient (Wildman–Crippen LogP) is 16.7. The molecular formula is C67H53BN2S. The lowest BCUT2D eigenvalue weighted by Crippen LogP contribution is -2.60. The van der Waals surface area contributed by atoms with Crippen molar-refractivity contribution in [3.05, 3.63) is 236 Å². The van der Waals surface area contributed by atoms with E-state index in [4.69, 9.17) is 0 Å². The molecule has 0 bridgehead atoms. The van der Waals surface area contributed by atoms with Crippen molar-refractivity contribution in [1.82, 2.24) is 4.57 Å². The third-order valence-electron chi connectivity index (χ3n) is 14.9. The van der Waals surface area contributed by atoms with Crippen molar-refractivity contribution in [2.75, 3.05) is 4.90 Å². The Morgan fingerprint density at radius 1 is 0.408 bits per heavy atom. The Morgan fingerprint density at radius 2 is 0.972 bits per heavy atom. The van der Waals surface area contributed by atoms with E-state index in [2.05, 4.69) is 247 Å². The van der Waals surface area contributed by atoms with Gasteiger partial charge in [0.15, 0.2) is 0 Å². The van der Waals surface area contributed by atoms with E-state index in [1.165, 1.54) is 147 Å². The molecule has 71 heavy (non-hydrogen) atoms. The Bertz CT molecular complexity index is 3640. The summed E-state index contributed by atoms with van der Waals surface area (Å²) in [5.41, 5.74) is 22.4. The molecule has 0 N–H and O–H groups in total. The van der Waals surface area contributed by atoms with Crippen LogP contribution in [0.3, 0.4) is 0 Å². The normalized spacial score (nSPS) is 12.5. The van der Waals surface area contributed by atoms with Crippen molar-refractivity contribution in [2.24, 2.45) is 0 Å². The van der Waals surface area contributed by atoms with Crippen LogP contribution in [0, 0.1) is 0 Å². The van der Waals surface area contributed by atoms with Crippen LogP contribution in [-0.4, -0.2) is 11.3 Å². The molecule has 3 heterocycles. The number of aromatic nitrogens is 1. The van der Waals surface area contributed by atoms with E-state index < -0.39 is 0 Å². The Hall–Kier alpha value is -7.79. The SMILES string of the molecule is CCCCCCCc1cc2c3c(c1)N(c1c(-c4ccccc4)cc(-c4ccccc4)cc1-c1ccccc1)c1cc(-n4c5ccccc5c5ccccc54)ccc1B3c1cc(-c3ccccc3)ccc1S2. The Labute approximate surface area is 422 Å². The highest BCUT2D eigenvalue weighted by atomic mass is 32.2. The molecule has 4 heteroatoms.